The van der Waals surface area contributed by atoms with E-state index in [1.54, 1.807) is 0 Å². The van der Waals surface area contributed by atoms with Crippen LogP contribution in [0.25, 0.3) is 0 Å². The smallest absolute Gasteiger partial charge is 0.137 e. The van der Waals surface area contributed by atoms with E-state index in [4.69, 9.17) is 0 Å². The third kappa shape index (κ3) is 5.50. The monoisotopic (exact) mass is 216 g/mol. The Labute approximate surface area is 98.2 Å². The fraction of sp³-hybridized carbons (Fsp3) is 0.400. The Morgan fingerprint density at radius 3 is 2.56 bits per heavy atom. The topological polar surface area (TPSA) is 17.1 Å². The molecule has 0 unspecified atom stereocenters. The Bertz CT molecular complexity index is 313. The van der Waals surface area contributed by atoms with Gasteiger partial charge in [0.1, 0.15) is 5.78 Å². The van der Waals surface area contributed by atoms with E-state index in [1.807, 2.05) is 36.4 Å². The third-order valence-electron chi connectivity index (χ3n) is 2.61. The maximum atomic E-state index is 11.6. The number of hydrogen-bond acceptors (Lipinski definition) is 1. The average Bonchev–Trinajstić information content (AvgIpc) is 2.30. The number of carbonyl (C=O) groups excluding carboxylic acids is 1. The highest BCUT2D eigenvalue weighted by Crippen LogP contribution is 2.07. The third-order valence-corrected chi connectivity index (χ3v) is 2.61. The molecule has 1 rings (SSSR count). The van der Waals surface area contributed by atoms with Crippen molar-refractivity contribution in [1.29, 1.82) is 0 Å². The molecule has 0 radical (unpaired) electrons. The second-order valence-electron chi connectivity index (χ2n) is 4.09. The van der Waals surface area contributed by atoms with Crippen molar-refractivity contribution in [2.24, 2.45) is 0 Å². The number of allylic oxidation sites excluding steroid dienone is 1. The Morgan fingerprint density at radius 2 is 1.88 bits per heavy atom. The van der Waals surface area contributed by atoms with Gasteiger partial charge in [-0.2, -0.15) is 0 Å². The van der Waals surface area contributed by atoms with Crippen molar-refractivity contribution in [2.45, 2.75) is 38.5 Å². The minimum atomic E-state index is 0.352. The molecule has 1 nitrogen and oxygen atoms in total. The molecule has 0 amide bonds. The summed E-state index contributed by atoms with van der Waals surface area (Å²) in [5.41, 5.74) is 1.12. The number of Topliss-reactive ketones (excluding diaryl/α,β-unsaturated/α-hetero) is 1. The van der Waals surface area contributed by atoms with Gasteiger partial charge in [0.15, 0.2) is 0 Å². The number of hydrogen-bond donors (Lipinski definition) is 0. The van der Waals surface area contributed by atoms with E-state index in [0.717, 1.165) is 31.2 Å². The van der Waals surface area contributed by atoms with Gasteiger partial charge in [0.25, 0.3) is 0 Å². The number of unbranched alkanes of at least 4 members (excludes halogenated alkanes) is 3. The van der Waals surface area contributed by atoms with Crippen LogP contribution in [-0.4, -0.2) is 5.78 Å². The van der Waals surface area contributed by atoms with Crippen molar-refractivity contribution >= 4 is 5.78 Å². The van der Waals surface area contributed by atoms with E-state index >= 15 is 0 Å². The molecule has 0 saturated heterocycles. The van der Waals surface area contributed by atoms with Gasteiger partial charge < -0.3 is 0 Å². The minimum Gasteiger partial charge on any atom is -0.299 e. The molecule has 0 aliphatic rings. The number of benzene rings is 1. The van der Waals surface area contributed by atoms with Crippen LogP contribution >= 0.6 is 0 Å². The van der Waals surface area contributed by atoms with Crippen molar-refractivity contribution in [2.75, 3.05) is 0 Å². The predicted octanol–water partition coefficient (Wildman–Crippen LogP) is 3.93. The Morgan fingerprint density at radius 1 is 1.12 bits per heavy atom. The molecule has 0 atom stereocenters. The minimum absolute atomic E-state index is 0.352. The SMILES string of the molecule is C=CCCCCCC(=O)Cc1ccccc1. The molecule has 16 heavy (non-hydrogen) atoms. The molecule has 0 N–H and O–H groups in total. The molecule has 0 fully saturated rings. The summed E-state index contributed by atoms with van der Waals surface area (Å²) < 4.78 is 0. The van der Waals surface area contributed by atoms with Crippen LogP contribution in [-0.2, 0) is 11.2 Å². The summed E-state index contributed by atoms with van der Waals surface area (Å²) in [7, 11) is 0. The van der Waals surface area contributed by atoms with Crippen molar-refractivity contribution in [1.82, 2.24) is 0 Å². The van der Waals surface area contributed by atoms with Crippen LogP contribution in [0.1, 0.15) is 37.7 Å². The number of rotatable bonds is 8. The summed E-state index contributed by atoms with van der Waals surface area (Å²) in [6.45, 7) is 3.68. The molecule has 0 aliphatic carbocycles. The molecule has 0 bridgehead atoms. The van der Waals surface area contributed by atoms with Crippen LogP contribution in [0.5, 0.6) is 0 Å². The first kappa shape index (κ1) is 12.7. The first-order chi connectivity index (χ1) is 7.83. The fourth-order valence-corrected chi connectivity index (χ4v) is 1.70. The standard InChI is InChI=1S/C15H20O/c1-2-3-4-5-9-12-15(16)13-14-10-7-6-8-11-14/h2,6-8,10-11H,1,3-5,9,12-13H2. The lowest BCUT2D eigenvalue weighted by Crippen LogP contribution is -2.02. The van der Waals surface area contributed by atoms with Gasteiger partial charge in [-0.05, 0) is 24.8 Å². The van der Waals surface area contributed by atoms with E-state index in [0.29, 0.717) is 18.6 Å². The quantitative estimate of drug-likeness (QED) is 0.475. The number of carbonyl (C=O) groups is 1. The predicted molar refractivity (Wildman–Crippen MR) is 68.4 cm³/mol. The normalized spacial score (nSPS) is 10.0. The van der Waals surface area contributed by atoms with Crippen LogP contribution in [0.4, 0.5) is 0 Å². The molecule has 0 saturated carbocycles. The van der Waals surface area contributed by atoms with Gasteiger partial charge >= 0.3 is 0 Å². The van der Waals surface area contributed by atoms with Crippen molar-refractivity contribution < 1.29 is 4.79 Å². The first-order valence-electron chi connectivity index (χ1n) is 5.99. The Hall–Kier alpha value is -1.37. The molecule has 0 heterocycles. The Kier molecular flexibility index (Phi) is 6.24. The molecule has 1 aromatic carbocycles. The summed E-state index contributed by atoms with van der Waals surface area (Å²) >= 11 is 0. The molecule has 0 spiro atoms. The molecule has 86 valence electrons. The van der Waals surface area contributed by atoms with Gasteiger partial charge in [-0.25, -0.2) is 0 Å². The van der Waals surface area contributed by atoms with Gasteiger partial charge in [0.05, 0.1) is 0 Å². The van der Waals surface area contributed by atoms with E-state index in [9.17, 15) is 4.79 Å². The molecule has 1 heteroatoms. The summed E-state index contributed by atoms with van der Waals surface area (Å²) in [5, 5.41) is 0. The summed E-state index contributed by atoms with van der Waals surface area (Å²) in [4.78, 5) is 11.6. The van der Waals surface area contributed by atoms with Crippen LogP contribution in [0, 0.1) is 0 Å². The largest absolute Gasteiger partial charge is 0.299 e. The lowest BCUT2D eigenvalue weighted by molar-refractivity contribution is -0.118. The van der Waals surface area contributed by atoms with Crippen molar-refractivity contribution in [3.63, 3.8) is 0 Å². The van der Waals surface area contributed by atoms with Gasteiger partial charge in [-0.15, -0.1) is 6.58 Å². The highest BCUT2D eigenvalue weighted by molar-refractivity contribution is 5.80. The Balaban J connectivity index is 2.14. The van der Waals surface area contributed by atoms with Gasteiger partial charge in [0.2, 0.25) is 0 Å². The maximum absolute atomic E-state index is 11.6. The zero-order valence-electron chi connectivity index (χ0n) is 9.82. The summed E-state index contributed by atoms with van der Waals surface area (Å²) in [6, 6.07) is 9.95. The van der Waals surface area contributed by atoms with E-state index in [2.05, 4.69) is 6.58 Å². The van der Waals surface area contributed by atoms with Crippen molar-refractivity contribution in [3.8, 4) is 0 Å². The fourth-order valence-electron chi connectivity index (χ4n) is 1.70. The van der Waals surface area contributed by atoms with Gasteiger partial charge in [0, 0.05) is 12.8 Å². The van der Waals surface area contributed by atoms with Crippen LogP contribution in [0.3, 0.4) is 0 Å². The summed E-state index contributed by atoms with van der Waals surface area (Å²) in [5.74, 6) is 0.352. The van der Waals surface area contributed by atoms with E-state index in [1.165, 1.54) is 0 Å². The zero-order valence-corrected chi connectivity index (χ0v) is 9.82. The molecule has 0 aliphatic heterocycles. The summed E-state index contributed by atoms with van der Waals surface area (Å²) in [6.07, 6.45) is 7.60. The van der Waals surface area contributed by atoms with Gasteiger partial charge in [-0.1, -0.05) is 42.8 Å². The molecular weight excluding hydrogens is 196 g/mol. The van der Waals surface area contributed by atoms with Gasteiger partial charge in [-0.3, -0.25) is 4.79 Å². The second kappa shape index (κ2) is 7.86. The average molecular weight is 216 g/mol. The highest BCUT2D eigenvalue weighted by atomic mass is 16.1. The zero-order chi connectivity index (χ0) is 11.6. The number of ketones is 1. The van der Waals surface area contributed by atoms with E-state index < -0.39 is 0 Å². The molecule has 1 aromatic rings. The lowest BCUT2D eigenvalue weighted by Gasteiger charge is -2.01. The van der Waals surface area contributed by atoms with Crippen LogP contribution < -0.4 is 0 Å². The lowest BCUT2D eigenvalue weighted by atomic mass is 10.0. The maximum Gasteiger partial charge on any atom is 0.137 e. The van der Waals surface area contributed by atoms with Crippen LogP contribution in [0.15, 0.2) is 43.0 Å². The second-order valence-corrected chi connectivity index (χ2v) is 4.09. The molecule has 0 aromatic heterocycles. The van der Waals surface area contributed by atoms with Crippen LogP contribution in [0.2, 0.25) is 0 Å². The van der Waals surface area contributed by atoms with Crippen molar-refractivity contribution in [3.05, 3.63) is 48.6 Å². The first-order valence-corrected chi connectivity index (χ1v) is 5.99. The highest BCUT2D eigenvalue weighted by Gasteiger charge is 2.02. The molecular formula is C15H20O. The van der Waals surface area contributed by atoms with E-state index in [-0.39, 0.29) is 0 Å².